The van der Waals surface area contributed by atoms with Crippen molar-refractivity contribution in [2.45, 2.75) is 187 Å². The molecule has 0 aromatic heterocycles. The summed E-state index contributed by atoms with van der Waals surface area (Å²) in [6, 6.07) is 0. The second-order valence-electron chi connectivity index (χ2n) is 13.1. The molecule has 46 heavy (non-hydrogen) atoms. The Morgan fingerprint density at radius 1 is 0.674 bits per heavy atom. The van der Waals surface area contributed by atoms with Gasteiger partial charge in [0.05, 0.1) is 12.7 Å². The molecule has 0 aliphatic carbocycles. The minimum atomic E-state index is -0.840. The highest BCUT2D eigenvalue weighted by atomic mass is 16.6. The molecule has 0 spiro atoms. The minimum absolute atomic E-state index is 0.153. The van der Waals surface area contributed by atoms with E-state index in [2.05, 4.69) is 39.0 Å². The van der Waals surface area contributed by atoms with Gasteiger partial charge in [-0.25, -0.2) is 0 Å². The lowest BCUT2D eigenvalue weighted by Gasteiger charge is -2.16. The lowest BCUT2D eigenvalue weighted by atomic mass is 9.99. The van der Waals surface area contributed by atoms with E-state index >= 15 is 0 Å². The molecule has 0 radical (unpaired) electrons. The van der Waals surface area contributed by atoms with Crippen LogP contribution in [0.4, 0.5) is 0 Å². The molecule has 0 aliphatic rings. The fraction of sp³-hybridized carbons (Fsp3) is 0.800. The Balaban J connectivity index is 3.77. The summed E-state index contributed by atoms with van der Waals surface area (Å²) in [6.07, 6.45) is 36.6. The van der Waals surface area contributed by atoms with Gasteiger partial charge in [0, 0.05) is 12.8 Å². The Labute approximate surface area is 283 Å². The molecule has 3 atom stereocenters. The van der Waals surface area contributed by atoms with Crippen LogP contribution in [0.3, 0.4) is 0 Å². The van der Waals surface area contributed by atoms with Gasteiger partial charge in [-0.05, 0) is 44.4 Å². The smallest absolute Gasteiger partial charge is 0.306 e. The summed E-state index contributed by atoms with van der Waals surface area (Å²) in [4.78, 5) is 24.2. The highest BCUT2D eigenvalue weighted by Crippen LogP contribution is 2.16. The van der Waals surface area contributed by atoms with Gasteiger partial charge in [0.25, 0.3) is 0 Å². The Hall–Kier alpha value is -1.92. The minimum Gasteiger partial charge on any atom is -0.462 e. The van der Waals surface area contributed by atoms with Crippen molar-refractivity contribution in [2.75, 3.05) is 13.2 Å². The van der Waals surface area contributed by atoms with Crippen molar-refractivity contribution < 1.29 is 29.3 Å². The molecule has 0 saturated heterocycles. The summed E-state index contributed by atoms with van der Waals surface area (Å²) in [7, 11) is 0. The largest absolute Gasteiger partial charge is 0.462 e. The van der Waals surface area contributed by atoms with Crippen molar-refractivity contribution in [1.29, 1.82) is 0 Å². The number of rotatable bonds is 33. The molecule has 0 rings (SSSR count). The van der Waals surface area contributed by atoms with Gasteiger partial charge in [-0.3, -0.25) is 9.59 Å². The average Bonchev–Trinajstić information content (AvgIpc) is 3.05. The summed E-state index contributed by atoms with van der Waals surface area (Å²) in [5.74, 6) is 0.0783. The van der Waals surface area contributed by atoms with E-state index in [-0.39, 0.29) is 25.6 Å². The van der Waals surface area contributed by atoms with E-state index in [0.29, 0.717) is 19.3 Å². The van der Waals surface area contributed by atoms with E-state index in [4.69, 9.17) is 9.47 Å². The molecule has 0 heterocycles. The van der Waals surface area contributed by atoms with Crippen LogP contribution < -0.4 is 0 Å². The highest BCUT2D eigenvalue weighted by molar-refractivity contribution is 5.70. The third kappa shape index (κ3) is 32.0. The van der Waals surface area contributed by atoms with Gasteiger partial charge < -0.3 is 19.7 Å². The zero-order valence-corrected chi connectivity index (χ0v) is 30.1. The summed E-state index contributed by atoms with van der Waals surface area (Å²) < 4.78 is 10.5. The van der Waals surface area contributed by atoms with Crippen LogP contribution in [0.1, 0.15) is 175 Å². The van der Waals surface area contributed by atoms with Crippen LogP contribution in [0.5, 0.6) is 0 Å². The van der Waals surface area contributed by atoms with E-state index in [1.807, 2.05) is 12.2 Å². The first-order valence-electron chi connectivity index (χ1n) is 19.0. The van der Waals surface area contributed by atoms with E-state index in [1.165, 1.54) is 96.3 Å². The second-order valence-corrected chi connectivity index (χ2v) is 13.1. The van der Waals surface area contributed by atoms with Gasteiger partial charge in [-0.2, -0.15) is 0 Å². The number of ether oxygens (including phenoxy) is 2. The van der Waals surface area contributed by atoms with Crippen molar-refractivity contribution in [3.63, 3.8) is 0 Å². The van der Waals surface area contributed by atoms with Crippen LogP contribution in [0.2, 0.25) is 0 Å². The molecule has 2 N–H and O–H groups in total. The van der Waals surface area contributed by atoms with Gasteiger partial charge in [0.1, 0.15) is 6.61 Å². The molecule has 6 heteroatoms. The summed E-state index contributed by atoms with van der Waals surface area (Å²) in [6.45, 7) is 6.31. The van der Waals surface area contributed by atoms with Gasteiger partial charge >= 0.3 is 11.9 Å². The number of aliphatic hydroxyl groups excluding tert-OH is 2. The Morgan fingerprint density at radius 2 is 1.28 bits per heavy atom. The summed E-state index contributed by atoms with van der Waals surface area (Å²) in [5.41, 5.74) is 0. The third-order valence-corrected chi connectivity index (χ3v) is 8.58. The molecule has 0 aromatic carbocycles. The van der Waals surface area contributed by atoms with E-state index in [9.17, 15) is 19.8 Å². The molecule has 6 nitrogen and oxygen atoms in total. The summed E-state index contributed by atoms with van der Waals surface area (Å²) in [5, 5.41) is 19.6. The van der Waals surface area contributed by atoms with Crippen molar-refractivity contribution in [2.24, 2.45) is 5.92 Å². The fourth-order valence-electron chi connectivity index (χ4n) is 5.24. The lowest BCUT2D eigenvalue weighted by Crippen LogP contribution is -2.28. The zero-order chi connectivity index (χ0) is 33.9. The molecular weight excluding hydrogens is 576 g/mol. The van der Waals surface area contributed by atoms with Gasteiger partial charge in [-0.15, -0.1) is 0 Å². The Kier molecular flexibility index (Phi) is 33.0. The SMILES string of the molecule is CCCCCCCC/C=C/C/C=C/C=C/C(O)CCCC(=O)OC[C@H](CO)OC(=O)CCCCCCCCCCCCC(C)CC. The molecule has 0 amide bonds. The number of esters is 2. The molecule has 268 valence electrons. The van der Waals surface area contributed by atoms with Crippen LogP contribution in [0, 0.1) is 5.92 Å². The molecule has 0 saturated carbocycles. The predicted molar refractivity (Wildman–Crippen MR) is 193 cm³/mol. The number of hydrogen-bond donors (Lipinski definition) is 2. The normalized spacial score (nSPS) is 13.9. The first-order valence-corrected chi connectivity index (χ1v) is 19.0. The van der Waals surface area contributed by atoms with Gasteiger partial charge in [0.15, 0.2) is 6.10 Å². The van der Waals surface area contributed by atoms with E-state index in [0.717, 1.165) is 38.0 Å². The van der Waals surface area contributed by atoms with Gasteiger partial charge in [0.2, 0.25) is 0 Å². The second kappa shape index (κ2) is 34.4. The number of allylic oxidation sites excluding steroid dienone is 5. The molecule has 0 aromatic rings. The monoisotopic (exact) mass is 649 g/mol. The van der Waals surface area contributed by atoms with Crippen LogP contribution in [-0.4, -0.2) is 47.6 Å². The van der Waals surface area contributed by atoms with Crippen LogP contribution in [0.25, 0.3) is 0 Å². The van der Waals surface area contributed by atoms with E-state index < -0.39 is 18.2 Å². The standard InChI is InChI=1S/C40H72O6/c1-4-6-7-8-9-10-11-12-13-17-20-23-26-30-37(42)31-28-33-39(43)45-35-38(34-41)46-40(44)32-27-24-21-18-15-14-16-19-22-25-29-36(3)5-2/h12-13,20,23,26,30,36-38,41-42H,4-11,14-19,21-22,24-25,27-29,31-35H2,1-3H3/b13-12+,23-20+,30-26+/t36?,37?,38-/m0/s1. The third-order valence-electron chi connectivity index (χ3n) is 8.58. The molecule has 0 fully saturated rings. The molecule has 0 aliphatic heterocycles. The first-order chi connectivity index (χ1) is 22.4. The highest BCUT2D eigenvalue weighted by Gasteiger charge is 2.16. The van der Waals surface area contributed by atoms with Crippen molar-refractivity contribution >= 4 is 11.9 Å². The Morgan fingerprint density at radius 3 is 1.93 bits per heavy atom. The van der Waals surface area contributed by atoms with E-state index in [1.54, 1.807) is 6.08 Å². The number of carbonyl (C=O) groups excluding carboxylic acids is 2. The zero-order valence-electron chi connectivity index (χ0n) is 30.1. The maximum Gasteiger partial charge on any atom is 0.306 e. The van der Waals surface area contributed by atoms with Crippen LogP contribution >= 0.6 is 0 Å². The van der Waals surface area contributed by atoms with Crippen LogP contribution in [-0.2, 0) is 19.1 Å². The molecule has 0 bridgehead atoms. The summed E-state index contributed by atoms with van der Waals surface area (Å²) >= 11 is 0. The quantitative estimate of drug-likeness (QED) is 0.0318. The maximum absolute atomic E-state index is 12.1. The first kappa shape index (κ1) is 44.1. The van der Waals surface area contributed by atoms with Crippen molar-refractivity contribution in [1.82, 2.24) is 0 Å². The number of hydrogen-bond acceptors (Lipinski definition) is 6. The lowest BCUT2D eigenvalue weighted by molar-refractivity contribution is -0.161. The predicted octanol–water partition coefficient (Wildman–Crippen LogP) is 10.5. The number of unbranched alkanes of at least 4 members (excludes halogenated alkanes) is 15. The van der Waals surface area contributed by atoms with Crippen molar-refractivity contribution in [3.8, 4) is 0 Å². The van der Waals surface area contributed by atoms with Crippen LogP contribution in [0.15, 0.2) is 36.5 Å². The molecule has 2 unspecified atom stereocenters. The topological polar surface area (TPSA) is 93.1 Å². The number of carbonyl (C=O) groups is 2. The molecular formula is C40H72O6. The number of aliphatic hydroxyl groups is 2. The average molecular weight is 649 g/mol. The maximum atomic E-state index is 12.1. The van der Waals surface area contributed by atoms with Gasteiger partial charge in [-0.1, -0.05) is 160 Å². The van der Waals surface area contributed by atoms with Crippen molar-refractivity contribution in [3.05, 3.63) is 36.5 Å². The fourth-order valence-corrected chi connectivity index (χ4v) is 5.24. The Bertz CT molecular complexity index is 774.